The lowest BCUT2D eigenvalue weighted by atomic mass is 9.97. The first-order chi connectivity index (χ1) is 10.2. The Kier molecular flexibility index (Phi) is 4.03. The normalized spacial score (nSPS) is 28.2. The number of nitrogens with one attached hydrogen (secondary N) is 1. The number of amides is 1. The first-order valence-electron chi connectivity index (χ1n) is 7.15. The van der Waals surface area contributed by atoms with Gasteiger partial charge in [0.1, 0.15) is 6.61 Å². The van der Waals surface area contributed by atoms with Crippen molar-refractivity contribution in [1.82, 2.24) is 14.9 Å². The second-order valence-electron chi connectivity index (χ2n) is 5.61. The molecule has 0 aliphatic carbocycles. The maximum atomic E-state index is 11.9. The first-order valence-corrected chi connectivity index (χ1v) is 7.15. The number of hydrogen-bond donors (Lipinski definition) is 1. The van der Waals surface area contributed by atoms with Gasteiger partial charge in [0.05, 0.1) is 18.2 Å². The van der Waals surface area contributed by atoms with Gasteiger partial charge >= 0.3 is 0 Å². The molecule has 2 aliphatic heterocycles. The molecule has 0 aromatic carbocycles. The van der Waals surface area contributed by atoms with Crippen LogP contribution in [0.5, 0.6) is 0 Å². The van der Waals surface area contributed by atoms with Crippen molar-refractivity contribution in [2.24, 2.45) is 0 Å². The summed E-state index contributed by atoms with van der Waals surface area (Å²) in [5.41, 5.74) is -0.226. The molecule has 21 heavy (non-hydrogen) atoms. The summed E-state index contributed by atoms with van der Waals surface area (Å²) in [4.78, 5) is 22.0. The van der Waals surface area contributed by atoms with Gasteiger partial charge < -0.3 is 19.7 Å². The summed E-state index contributed by atoms with van der Waals surface area (Å²) in [6, 6.07) is 1.97. The number of carbonyl (C=O) groups is 1. The topological polar surface area (TPSA) is 76.6 Å². The van der Waals surface area contributed by atoms with Crippen LogP contribution in [0, 0.1) is 0 Å². The van der Waals surface area contributed by atoms with E-state index in [1.165, 1.54) is 7.11 Å². The number of likely N-dealkylation sites (tertiary alicyclic amines) is 1. The first kappa shape index (κ1) is 14.2. The van der Waals surface area contributed by atoms with Crippen LogP contribution in [0.3, 0.4) is 0 Å². The van der Waals surface area contributed by atoms with E-state index < -0.39 is 0 Å². The molecular formula is C14H20N4O3. The average Bonchev–Trinajstić information content (AvgIpc) is 3.08. The van der Waals surface area contributed by atoms with Gasteiger partial charge in [-0.15, -0.1) is 0 Å². The average molecular weight is 292 g/mol. The summed E-state index contributed by atoms with van der Waals surface area (Å²) in [6.45, 7) is 2.12. The van der Waals surface area contributed by atoms with Gasteiger partial charge in [0, 0.05) is 39.0 Å². The fourth-order valence-electron chi connectivity index (χ4n) is 3.05. The molecule has 0 saturated carbocycles. The lowest BCUT2D eigenvalue weighted by molar-refractivity contribution is -0.135. The molecule has 7 heteroatoms. The number of ether oxygens (including phenoxy) is 2. The van der Waals surface area contributed by atoms with Crippen molar-refractivity contribution in [3.63, 3.8) is 0 Å². The van der Waals surface area contributed by atoms with Crippen LogP contribution in [-0.2, 0) is 14.3 Å². The van der Waals surface area contributed by atoms with Crippen molar-refractivity contribution in [3.05, 3.63) is 18.5 Å². The van der Waals surface area contributed by atoms with Gasteiger partial charge in [-0.3, -0.25) is 4.79 Å². The molecular weight excluding hydrogens is 272 g/mol. The summed E-state index contributed by atoms with van der Waals surface area (Å²) < 4.78 is 10.9. The van der Waals surface area contributed by atoms with Gasteiger partial charge in [-0.05, 0) is 12.5 Å². The SMILES string of the molecule is COCC(=O)N1CC[C@@]2(C[C@@H](Nc3ncccn3)CO2)C1. The summed E-state index contributed by atoms with van der Waals surface area (Å²) in [5.74, 6) is 0.647. The minimum absolute atomic E-state index is 0.0285. The van der Waals surface area contributed by atoms with Crippen LogP contribution in [0.2, 0.25) is 0 Å². The Balaban J connectivity index is 1.56. The Morgan fingerprint density at radius 1 is 1.57 bits per heavy atom. The Bertz CT molecular complexity index is 498. The molecule has 1 aromatic rings. The quantitative estimate of drug-likeness (QED) is 0.860. The van der Waals surface area contributed by atoms with Gasteiger partial charge in [-0.1, -0.05) is 0 Å². The van der Waals surface area contributed by atoms with E-state index in [0.717, 1.165) is 19.4 Å². The summed E-state index contributed by atoms with van der Waals surface area (Å²) >= 11 is 0. The van der Waals surface area contributed by atoms with E-state index >= 15 is 0 Å². The van der Waals surface area contributed by atoms with Gasteiger partial charge in [0.25, 0.3) is 0 Å². The highest BCUT2D eigenvalue weighted by atomic mass is 16.5. The molecule has 114 valence electrons. The van der Waals surface area contributed by atoms with Gasteiger partial charge in [-0.25, -0.2) is 9.97 Å². The molecule has 2 aliphatic rings. The maximum Gasteiger partial charge on any atom is 0.248 e. The standard InChI is InChI=1S/C14H20N4O3/c1-20-9-12(19)18-6-3-14(10-18)7-11(8-21-14)17-13-15-4-2-5-16-13/h2,4-5,11H,3,6-10H2,1H3,(H,15,16,17)/t11-,14-/m1/s1. The molecule has 2 saturated heterocycles. The number of nitrogens with zero attached hydrogens (tertiary/aromatic N) is 3. The molecule has 0 bridgehead atoms. The monoisotopic (exact) mass is 292 g/mol. The van der Waals surface area contributed by atoms with E-state index in [1.54, 1.807) is 18.5 Å². The van der Waals surface area contributed by atoms with E-state index in [4.69, 9.17) is 9.47 Å². The van der Waals surface area contributed by atoms with Crippen LogP contribution >= 0.6 is 0 Å². The Hall–Kier alpha value is -1.73. The molecule has 1 amide bonds. The summed E-state index contributed by atoms with van der Waals surface area (Å²) in [7, 11) is 1.54. The van der Waals surface area contributed by atoms with Crippen LogP contribution in [-0.4, -0.2) is 65.8 Å². The molecule has 2 atom stereocenters. The van der Waals surface area contributed by atoms with Crippen molar-refractivity contribution in [3.8, 4) is 0 Å². The molecule has 3 rings (SSSR count). The maximum absolute atomic E-state index is 11.9. The minimum atomic E-state index is -0.226. The van der Waals surface area contributed by atoms with Crippen molar-refractivity contribution < 1.29 is 14.3 Å². The molecule has 0 radical (unpaired) electrons. The van der Waals surface area contributed by atoms with Crippen LogP contribution in [0.1, 0.15) is 12.8 Å². The lowest BCUT2D eigenvalue weighted by Crippen LogP contribution is -2.37. The van der Waals surface area contributed by atoms with Crippen molar-refractivity contribution >= 4 is 11.9 Å². The highest BCUT2D eigenvalue weighted by molar-refractivity contribution is 5.77. The Labute approximate surface area is 123 Å². The fraction of sp³-hybridized carbons (Fsp3) is 0.643. The number of carbonyl (C=O) groups excluding carboxylic acids is 1. The third-order valence-electron chi connectivity index (χ3n) is 4.04. The van der Waals surface area contributed by atoms with Crippen LogP contribution < -0.4 is 5.32 Å². The predicted octanol–water partition coefficient (Wildman–Crippen LogP) is 0.295. The largest absolute Gasteiger partial charge is 0.375 e. The minimum Gasteiger partial charge on any atom is -0.375 e. The van der Waals surface area contributed by atoms with E-state index in [1.807, 2.05) is 4.90 Å². The zero-order chi connectivity index (χ0) is 14.7. The van der Waals surface area contributed by atoms with Gasteiger partial charge in [0.15, 0.2) is 0 Å². The molecule has 1 aromatic heterocycles. The summed E-state index contributed by atoms with van der Waals surface area (Å²) in [5, 5.41) is 3.29. The van der Waals surface area contributed by atoms with E-state index in [0.29, 0.717) is 19.1 Å². The van der Waals surface area contributed by atoms with Crippen LogP contribution in [0.4, 0.5) is 5.95 Å². The number of rotatable bonds is 4. The molecule has 1 N–H and O–H groups in total. The molecule has 2 fully saturated rings. The van der Waals surface area contributed by atoms with E-state index in [2.05, 4.69) is 15.3 Å². The highest BCUT2D eigenvalue weighted by Gasteiger charge is 2.46. The number of aromatic nitrogens is 2. The number of hydrogen-bond acceptors (Lipinski definition) is 6. The van der Waals surface area contributed by atoms with Gasteiger partial charge in [0.2, 0.25) is 11.9 Å². The summed E-state index contributed by atoms with van der Waals surface area (Å²) in [6.07, 6.45) is 5.15. The highest BCUT2D eigenvalue weighted by Crippen LogP contribution is 2.35. The van der Waals surface area contributed by atoms with Gasteiger partial charge in [-0.2, -0.15) is 0 Å². The second kappa shape index (κ2) is 5.95. The fourth-order valence-corrected chi connectivity index (χ4v) is 3.05. The third kappa shape index (κ3) is 3.14. The Morgan fingerprint density at radius 2 is 2.38 bits per heavy atom. The lowest BCUT2D eigenvalue weighted by Gasteiger charge is -2.23. The van der Waals surface area contributed by atoms with Crippen molar-refractivity contribution in [2.45, 2.75) is 24.5 Å². The Morgan fingerprint density at radius 3 is 3.14 bits per heavy atom. The molecule has 3 heterocycles. The molecule has 7 nitrogen and oxygen atoms in total. The molecule has 1 spiro atoms. The number of anilines is 1. The predicted molar refractivity (Wildman–Crippen MR) is 75.8 cm³/mol. The van der Waals surface area contributed by atoms with Crippen LogP contribution in [0.15, 0.2) is 18.5 Å². The zero-order valence-corrected chi connectivity index (χ0v) is 12.1. The smallest absolute Gasteiger partial charge is 0.248 e. The second-order valence-corrected chi connectivity index (χ2v) is 5.61. The number of methoxy groups -OCH3 is 1. The van der Waals surface area contributed by atoms with E-state index in [9.17, 15) is 4.79 Å². The third-order valence-corrected chi connectivity index (χ3v) is 4.04. The van der Waals surface area contributed by atoms with E-state index in [-0.39, 0.29) is 24.2 Å². The van der Waals surface area contributed by atoms with Crippen molar-refractivity contribution in [1.29, 1.82) is 0 Å². The zero-order valence-electron chi connectivity index (χ0n) is 12.1. The van der Waals surface area contributed by atoms with Crippen molar-refractivity contribution in [2.75, 3.05) is 38.7 Å². The van der Waals surface area contributed by atoms with Crippen LogP contribution in [0.25, 0.3) is 0 Å². The molecule has 0 unspecified atom stereocenters.